The lowest BCUT2D eigenvalue weighted by Crippen LogP contribution is -2.40. The zero-order valence-electron chi connectivity index (χ0n) is 17.5. The Morgan fingerprint density at radius 2 is 1.84 bits per heavy atom. The first-order chi connectivity index (χ1) is 15.0. The van der Waals surface area contributed by atoms with E-state index in [0.29, 0.717) is 29.5 Å². The first-order valence-corrected chi connectivity index (χ1v) is 10.7. The Morgan fingerprint density at radius 1 is 1.10 bits per heavy atom. The number of nitrogens with zero attached hydrogens (tertiary/aromatic N) is 3. The van der Waals surface area contributed by atoms with Crippen molar-refractivity contribution in [2.24, 2.45) is 0 Å². The van der Waals surface area contributed by atoms with E-state index in [2.05, 4.69) is 27.3 Å². The lowest BCUT2D eigenvalue weighted by Gasteiger charge is -2.28. The molecule has 1 aliphatic rings. The van der Waals surface area contributed by atoms with Gasteiger partial charge in [-0.15, -0.1) is 0 Å². The molecule has 0 atom stereocenters. The first-order valence-electron chi connectivity index (χ1n) is 10.4. The molecule has 1 aromatic heterocycles. The summed E-state index contributed by atoms with van der Waals surface area (Å²) in [6.07, 6.45) is 0.738. The topological polar surface area (TPSA) is 67.2 Å². The fraction of sp³-hybridized carbons (Fsp3) is 0.292. The number of benzene rings is 2. The van der Waals surface area contributed by atoms with Gasteiger partial charge in [0.05, 0.1) is 11.3 Å². The Kier molecular flexibility index (Phi) is 6.49. The average molecular weight is 437 g/mol. The number of amides is 1. The molecule has 0 unspecified atom stereocenters. The molecular formula is C24H25ClN4O2. The highest BCUT2D eigenvalue weighted by Gasteiger charge is 2.23. The minimum atomic E-state index is -0.223. The van der Waals surface area contributed by atoms with Crippen molar-refractivity contribution < 1.29 is 4.79 Å². The average Bonchev–Trinajstić information content (AvgIpc) is 2.77. The molecule has 0 saturated carbocycles. The van der Waals surface area contributed by atoms with Crippen molar-refractivity contribution in [1.82, 2.24) is 19.8 Å². The van der Waals surface area contributed by atoms with E-state index in [9.17, 15) is 9.59 Å². The molecule has 0 bridgehead atoms. The van der Waals surface area contributed by atoms with Gasteiger partial charge >= 0.3 is 0 Å². The maximum atomic E-state index is 13.2. The zero-order valence-corrected chi connectivity index (χ0v) is 18.2. The maximum Gasteiger partial charge on any atom is 0.258 e. The SMILES string of the molecule is Cc1nc2c(c(=O)n1CC(=O)NCc1ccc(Cl)cc1)CN(Cc1ccccc1)CC2. The van der Waals surface area contributed by atoms with E-state index < -0.39 is 0 Å². The number of halogens is 1. The zero-order chi connectivity index (χ0) is 21.8. The molecule has 1 aliphatic heterocycles. The third kappa shape index (κ3) is 5.21. The smallest absolute Gasteiger partial charge is 0.258 e. The fourth-order valence-corrected chi connectivity index (χ4v) is 3.98. The molecule has 2 aromatic carbocycles. The van der Waals surface area contributed by atoms with E-state index >= 15 is 0 Å². The Hall–Kier alpha value is -2.96. The molecule has 0 radical (unpaired) electrons. The van der Waals surface area contributed by atoms with Gasteiger partial charge in [0.2, 0.25) is 5.91 Å². The molecule has 0 aliphatic carbocycles. The van der Waals surface area contributed by atoms with Crippen molar-refractivity contribution in [1.29, 1.82) is 0 Å². The van der Waals surface area contributed by atoms with Crippen LogP contribution in [0.2, 0.25) is 5.02 Å². The molecule has 160 valence electrons. The summed E-state index contributed by atoms with van der Waals surface area (Å²) in [5.41, 5.74) is 3.58. The lowest BCUT2D eigenvalue weighted by atomic mass is 10.1. The fourth-order valence-electron chi connectivity index (χ4n) is 3.85. The molecule has 0 fully saturated rings. The summed E-state index contributed by atoms with van der Waals surface area (Å²) in [5, 5.41) is 3.51. The number of nitrogens with one attached hydrogen (secondary N) is 1. The maximum absolute atomic E-state index is 13.2. The minimum absolute atomic E-state index is 0.0444. The van der Waals surface area contributed by atoms with Crippen LogP contribution in [-0.4, -0.2) is 26.9 Å². The van der Waals surface area contributed by atoms with E-state index in [1.54, 1.807) is 19.1 Å². The van der Waals surface area contributed by atoms with Crippen molar-refractivity contribution in [2.45, 2.75) is 39.5 Å². The number of carbonyl (C=O) groups is 1. The van der Waals surface area contributed by atoms with Gasteiger partial charge in [0.1, 0.15) is 12.4 Å². The van der Waals surface area contributed by atoms with Gasteiger partial charge in [-0.3, -0.25) is 19.1 Å². The van der Waals surface area contributed by atoms with Crippen LogP contribution in [0.15, 0.2) is 59.4 Å². The van der Waals surface area contributed by atoms with Crippen LogP contribution in [0.3, 0.4) is 0 Å². The molecule has 7 heteroatoms. The second-order valence-electron chi connectivity index (χ2n) is 7.83. The molecule has 1 amide bonds. The van der Waals surface area contributed by atoms with Crippen LogP contribution in [0, 0.1) is 6.92 Å². The second kappa shape index (κ2) is 9.45. The Labute approximate surface area is 186 Å². The number of aryl methyl sites for hydroxylation is 1. The van der Waals surface area contributed by atoms with Crippen molar-refractivity contribution in [2.75, 3.05) is 6.54 Å². The van der Waals surface area contributed by atoms with E-state index in [4.69, 9.17) is 11.6 Å². The van der Waals surface area contributed by atoms with Crippen LogP contribution < -0.4 is 10.9 Å². The van der Waals surface area contributed by atoms with Gasteiger partial charge in [-0.05, 0) is 30.2 Å². The second-order valence-corrected chi connectivity index (χ2v) is 8.26. The number of fused-ring (bicyclic) bond motifs is 1. The summed E-state index contributed by atoms with van der Waals surface area (Å²) in [6, 6.07) is 17.5. The Balaban J connectivity index is 1.45. The Morgan fingerprint density at radius 3 is 2.58 bits per heavy atom. The lowest BCUT2D eigenvalue weighted by molar-refractivity contribution is -0.121. The van der Waals surface area contributed by atoms with E-state index in [1.165, 1.54) is 10.1 Å². The van der Waals surface area contributed by atoms with Crippen molar-refractivity contribution in [3.63, 3.8) is 0 Å². The minimum Gasteiger partial charge on any atom is -0.350 e. The number of hydrogen-bond acceptors (Lipinski definition) is 4. The van der Waals surface area contributed by atoms with E-state index in [-0.39, 0.29) is 18.0 Å². The highest BCUT2D eigenvalue weighted by Crippen LogP contribution is 2.17. The van der Waals surface area contributed by atoms with Crippen LogP contribution in [0.1, 0.15) is 28.2 Å². The molecule has 3 aromatic rings. The van der Waals surface area contributed by atoms with Gasteiger partial charge in [0.15, 0.2) is 0 Å². The third-order valence-corrected chi connectivity index (χ3v) is 5.79. The van der Waals surface area contributed by atoms with Crippen LogP contribution in [0.4, 0.5) is 0 Å². The third-order valence-electron chi connectivity index (χ3n) is 5.54. The van der Waals surface area contributed by atoms with Gasteiger partial charge < -0.3 is 5.32 Å². The standard InChI is InChI=1S/C24H25ClN4O2/c1-17-27-22-11-12-28(14-19-5-3-2-4-6-19)15-21(22)24(31)29(17)16-23(30)26-13-18-7-9-20(25)10-8-18/h2-10H,11-16H2,1H3,(H,26,30). The molecule has 2 heterocycles. The van der Waals surface area contributed by atoms with Crippen LogP contribution in [0.25, 0.3) is 0 Å². The highest BCUT2D eigenvalue weighted by atomic mass is 35.5. The molecule has 4 rings (SSSR count). The van der Waals surface area contributed by atoms with Gasteiger partial charge in [-0.25, -0.2) is 4.98 Å². The van der Waals surface area contributed by atoms with E-state index in [1.807, 2.05) is 30.3 Å². The number of rotatable bonds is 6. The van der Waals surface area contributed by atoms with Crippen molar-refractivity contribution in [3.05, 3.63) is 98.2 Å². The first kappa shape index (κ1) is 21.3. The molecule has 1 N–H and O–H groups in total. The predicted octanol–water partition coefficient (Wildman–Crippen LogP) is 3.08. The van der Waals surface area contributed by atoms with Crippen molar-refractivity contribution >= 4 is 17.5 Å². The van der Waals surface area contributed by atoms with Crippen LogP contribution >= 0.6 is 11.6 Å². The van der Waals surface area contributed by atoms with Crippen LogP contribution in [-0.2, 0) is 37.4 Å². The monoisotopic (exact) mass is 436 g/mol. The van der Waals surface area contributed by atoms with Crippen LogP contribution in [0.5, 0.6) is 0 Å². The van der Waals surface area contributed by atoms with Gasteiger partial charge in [0.25, 0.3) is 5.56 Å². The molecule has 6 nitrogen and oxygen atoms in total. The normalized spacial score (nSPS) is 13.6. The number of aromatic nitrogens is 2. The summed E-state index contributed by atoms with van der Waals surface area (Å²) in [6.45, 7) is 4.31. The summed E-state index contributed by atoms with van der Waals surface area (Å²) < 4.78 is 1.47. The summed E-state index contributed by atoms with van der Waals surface area (Å²) in [7, 11) is 0. The summed E-state index contributed by atoms with van der Waals surface area (Å²) >= 11 is 5.89. The molecule has 31 heavy (non-hydrogen) atoms. The largest absolute Gasteiger partial charge is 0.350 e. The van der Waals surface area contributed by atoms with Gasteiger partial charge in [-0.2, -0.15) is 0 Å². The summed E-state index contributed by atoms with van der Waals surface area (Å²) in [5.74, 6) is 0.348. The Bertz CT molecular complexity index is 1130. The van der Waals surface area contributed by atoms with Gasteiger partial charge in [0, 0.05) is 37.6 Å². The number of carbonyl (C=O) groups excluding carboxylic acids is 1. The van der Waals surface area contributed by atoms with Crippen molar-refractivity contribution in [3.8, 4) is 0 Å². The van der Waals surface area contributed by atoms with Gasteiger partial charge in [-0.1, -0.05) is 54.1 Å². The number of hydrogen-bond donors (Lipinski definition) is 1. The molecule has 0 saturated heterocycles. The molecule has 0 spiro atoms. The predicted molar refractivity (Wildman–Crippen MR) is 121 cm³/mol. The highest BCUT2D eigenvalue weighted by molar-refractivity contribution is 6.30. The summed E-state index contributed by atoms with van der Waals surface area (Å²) in [4.78, 5) is 32.6. The van der Waals surface area contributed by atoms with E-state index in [0.717, 1.165) is 30.8 Å². The molecular weight excluding hydrogens is 412 g/mol. The quantitative estimate of drug-likeness (QED) is 0.644.